The Kier molecular flexibility index (Phi) is 1.93. The maximum Gasteiger partial charge on any atom is 0.130 e. The van der Waals surface area contributed by atoms with E-state index in [-0.39, 0.29) is 0 Å². The van der Waals surface area contributed by atoms with Gasteiger partial charge in [0.2, 0.25) is 0 Å². The van der Waals surface area contributed by atoms with Gasteiger partial charge in [0, 0.05) is 6.42 Å². The van der Waals surface area contributed by atoms with Gasteiger partial charge in [-0.2, -0.15) is 0 Å². The van der Waals surface area contributed by atoms with Crippen molar-refractivity contribution in [2.45, 2.75) is 13.3 Å². The summed E-state index contributed by atoms with van der Waals surface area (Å²) in [5, 5.41) is 0. The molecule has 13 heavy (non-hydrogen) atoms. The monoisotopic (exact) mass is 172 g/mol. The van der Waals surface area contributed by atoms with Crippen LogP contribution in [0.1, 0.15) is 12.5 Å². The highest BCUT2D eigenvalue weighted by molar-refractivity contribution is 5.43. The predicted octanol–water partition coefficient (Wildman–Crippen LogP) is 3.08. The van der Waals surface area contributed by atoms with E-state index in [0.29, 0.717) is 0 Å². The molecule has 1 aliphatic heterocycles. The molecule has 0 spiro atoms. The van der Waals surface area contributed by atoms with Crippen molar-refractivity contribution in [1.29, 1.82) is 0 Å². The van der Waals surface area contributed by atoms with E-state index in [1.54, 1.807) is 0 Å². The Morgan fingerprint density at radius 1 is 1.38 bits per heavy atom. The molecule has 1 aromatic carbocycles. The Labute approximate surface area is 78.3 Å². The van der Waals surface area contributed by atoms with Crippen LogP contribution in [0.3, 0.4) is 0 Å². The largest absolute Gasteiger partial charge is 0.461 e. The molecule has 0 radical (unpaired) electrons. The zero-order chi connectivity index (χ0) is 9.26. The van der Waals surface area contributed by atoms with Gasteiger partial charge in [0.1, 0.15) is 11.5 Å². The minimum atomic E-state index is 0.936. The van der Waals surface area contributed by atoms with Crippen LogP contribution >= 0.6 is 0 Å². The van der Waals surface area contributed by atoms with Gasteiger partial charge in [0.25, 0.3) is 0 Å². The molecular weight excluding hydrogens is 160 g/mol. The number of hydrogen-bond acceptors (Lipinski definition) is 1. The molecule has 0 aliphatic carbocycles. The molecule has 1 heteroatoms. The summed E-state index contributed by atoms with van der Waals surface area (Å²) >= 11 is 0. The SMILES string of the molecule is C=CC1=C(C)Oc2ccccc2C1. The number of rotatable bonds is 1. The lowest BCUT2D eigenvalue weighted by molar-refractivity contribution is 0.406. The molecule has 2 rings (SSSR count). The third-order valence-corrected chi connectivity index (χ3v) is 2.32. The van der Waals surface area contributed by atoms with Gasteiger partial charge in [-0.05, 0) is 24.1 Å². The second-order valence-corrected chi connectivity index (χ2v) is 3.17. The zero-order valence-corrected chi connectivity index (χ0v) is 7.71. The van der Waals surface area contributed by atoms with Crippen molar-refractivity contribution in [3.05, 3.63) is 53.8 Å². The van der Waals surface area contributed by atoms with Gasteiger partial charge in [-0.3, -0.25) is 0 Å². The molecule has 0 amide bonds. The first-order valence-electron chi connectivity index (χ1n) is 4.39. The molecule has 0 saturated heterocycles. The van der Waals surface area contributed by atoms with E-state index >= 15 is 0 Å². The lowest BCUT2D eigenvalue weighted by atomic mass is 10.0. The molecule has 1 aromatic rings. The van der Waals surface area contributed by atoms with Crippen molar-refractivity contribution >= 4 is 0 Å². The summed E-state index contributed by atoms with van der Waals surface area (Å²) in [6.07, 6.45) is 2.80. The number of benzene rings is 1. The smallest absolute Gasteiger partial charge is 0.130 e. The Morgan fingerprint density at radius 3 is 2.92 bits per heavy atom. The van der Waals surface area contributed by atoms with Crippen LogP contribution in [0.4, 0.5) is 0 Å². The molecule has 0 aromatic heterocycles. The highest BCUT2D eigenvalue weighted by Crippen LogP contribution is 2.29. The van der Waals surface area contributed by atoms with E-state index < -0.39 is 0 Å². The summed E-state index contributed by atoms with van der Waals surface area (Å²) in [6, 6.07) is 8.11. The first kappa shape index (κ1) is 8.11. The van der Waals surface area contributed by atoms with Crippen molar-refractivity contribution in [2.75, 3.05) is 0 Å². The van der Waals surface area contributed by atoms with Gasteiger partial charge in [-0.15, -0.1) is 0 Å². The normalized spacial score (nSPS) is 14.8. The first-order chi connectivity index (χ1) is 6.31. The van der Waals surface area contributed by atoms with E-state index in [4.69, 9.17) is 4.74 Å². The fourth-order valence-electron chi connectivity index (χ4n) is 1.53. The molecule has 0 atom stereocenters. The van der Waals surface area contributed by atoms with Gasteiger partial charge >= 0.3 is 0 Å². The van der Waals surface area contributed by atoms with E-state index in [1.807, 2.05) is 31.2 Å². The number of para-hydroxylation sites is 1. The van der Waals surface area contributed by atoms with Crippen LogP contribution < -0.4 is 4.74 Å². The predicted molar refractivity (Wildman–Crippen MR) is 53.7 cm³/mol. The third kappa shape index (κ3) is 1.37. The molecule has 0 fully saturated rings. The van der Waals surface area contributed by atoms with Crippen LogP contribution in [-0.4, -0.2) is 0 Å². The Balaban J connectivity index is 2.42. The van der Waals surface area contributed by atoms with E-state index in [0.717, 1.165) is 17.9 Å². The summed E-state index contributed by atoms with van der Waals surface area (Å²) in [5.41, 5.74) is 2.42. The summed E-state index contributed by atoms with van der Waals surface area (Å²) in [5.74, 6) is 1.94. The second-order valence-electron chi connectivity index (χ2n) is 3.17. The van der Waals surface area contributed by atoms with Crippen LogP contribution in [0.25, 0.3) is 0 Å². The van der Waals surface area contributed by atoms with Crippen molar-refractivity contribution in [3.63, 3.8) is 0 Å². The zero-order valence-electron chi connectivity index (χ0n) is 7.71. The maximum atomic E-state index is 5.64. The van der Waals surface area contributed by atoms with Gasteiger partial charge in [-0.1, -0.05) is 30.9 Å². The Morgan fingerprint density at radius 2 is 2.15 bits per heavy atom. The van der Waals surface area contributed by atoms with Crippen molar-refractivity contribution in [2.24, 2.45) is 0 Å². The average molecular weight is 172 g/mol. The quantitative estimate of drug-likeness (QED) is 0.632. The van der Waals surface area contributed by atoms with Gasteiger partial charge < -0.3 is 4.74 Å². The third-order valence-electron chi connectivity index (χ3n) is 2.32. The molecule has 1 nitrogen and oxygen atoms in total. The summed E-state index contributed by atoms with van der Waals surface area (Å²) < 4.78 is 5.64. The van der Waals surface area contributed by atoms with E-state index in [1.165, 1.54) is 11.1 Å². The standard InChI is InChI=1S/C12H12O/c1-3-10-8-11-6-4-5-7-12(11)13-9(10)2/h3-7H,1,8H2,2H3. The van der Waals surface area contributed by atoms with Gasteiger partial charge in [0.05, 0.1) is 0 Å². The van der Waals surface area contributed by atoms with Gasteiger partial charge in [-0.25, -0.2) is 0 Å². The topological polar surface area (TPSA) is 9.23 Å². The summed E-state index contributed by atoms with van der Waals surface area (Å²) in [6.45, 7) is 5.75. The highest BCUT2D eigenvalue weighted by atomic mass is 16.5. The average Bonchev–Trinajstić information content (AvgIpc) is 2.17. The summed E-state index contributed by atoms with van der Waals surface area (Å²) in [7, 11) is 0. The lowest BCUT2D eigenvalue weighted by Crippen LogP contribution is -2.06. The highest BCUT2D eigenvalue weighted by Gasteiger charge is 2.13. The van der Waals surface area contributed by atoms with Gasteiger partial charge in [0.15, 0.2) is 0 Å². The molecule has 0 saturated carbocycles. The van der Waals surface area contributed by atoms with E-state index in [9.17, 15) is 0 Å². The molecule has 0 unspecified atom stereocenters. The number of hydrogen-bond donors (Lipinski definition) is 0. The van der Waals surface area contributed by atoms with Crippen LogP contribution in [0, 0.1) is 0 Å². The number of fused-ring (bicyclic) bond motifs is 1. The molecule has 66 valence electrons. The molecule has 0 N–H and O–H groups in total. The van der Waals surface area contributed by atoms with Crippen LogP contribution in [0.5, 0.6) is 5.75 Å². The van der Waals surface area contributed by atoms with Crippen molar-refractivity contribution in [1.82, 2.24) is 0 Å². The maximum absolute atomic E-state index is 5.64. The summed E-state index contributed by atoms with van der Waals surface area (Å²) in [4.78, 5) is 0. The number of ether oxygens (including phenoxy) is 1. The molecule has 1 heterocycles. The minimum absolute atomic E-state index is 0.936. The molecular formula is C12H12O. The Bertz CT molecular complexity index is 374. The molecule has 0 bridgehead atoms. The minimum Gasteiger partial charge on any atom is -0.461 e. The first-order valence-corrected chi connectivity index (χ1v) is 4.39. The fourth-order valence-corrected chi connectivity index (χ4v) is 1.53. The van der Waals surface area contributed by atoms with Crippen LogP contribution in [0.15, 0.2) is 48.3 Å². The number of allylic oxidation sites excluding steroid dienone is 3. The second kappa shape index (κ2) is 3.09. The molecule has 1 aliphatic rings. The lowest BCUT2D eigenvalue weighted by Gasteiger charge is -2.19. The van der Waals surface area contributed by atoms with Crippen LogP contribution in [0.2, 0.25) is 0 Å². The van der Waals surface area contributed by atoms with Crippen molar-refractivity contribution < 1.29 is 4.74 Å². The van der Waals surface area contributed by atoms with Crippen molar-refractivity contribution in [3.8, 4) is 5.75 Å². The van der Waals surface area contributed by atoms with E-state index in [2.05, 4.69) is 12.6 Å². The van der Waals surface area contributed by atoms with Crippen LogP contribution in [-0.2, 0) is 6.42 Å². The fraction of sp³-hybridized carbons (Fsp3) is 0.167. The Hall–Kier alpha value is -1.50.